The molecule has 1 heterocycles. The van der Waals surface area contributed by atoms with Crippen LogP contribution in [0, 0.1) is 0 Å². The molecule has 20 heavy (non-hydrogen) atoms. The molecule has 2 N–H and O–H groups in total. The Balaban J connectivity index is 1.78. The molecule has 2 nitrogen and oxygen atoms in total. The van der Waals surface area contributed by atoms with Crippen LogP contribution in [0.5, 0.6) is 5.75 Å². The molecule has 0 amide bonds. The first kappa shape index (κ1) is 13.7. The molecule has 0 bridgehead atoms. The molecule has 0 aromatic heterocycles. The zero-order chi connectivity index (χ0) is 13.9. The number of fused-ring (bicyclic) bond motifs is 1. The number of benzene rings is 2. The molecular formula is C17H18BrNO. The zero-order valence-corrected chi connectivity index (χ0v) is 12.9. The smallest absolute Gasteiger partial charge is 0.122 e. The number of nitrogens with two attached hydrogens (primary N) is 1. The lowest BCUT2D eigenvalue weighted by Gasteiger charge is -2.20. The molecule has 2 aromatic carbocycles. The topological polar surface area (TPSA) is 35.2 Å². The summed E-state index contributed by atoms with van der Waals surface area (Å²) >= 11 is 3.50. The quantitative estimate of drug-likeness (QED) is 0.921. The maximum atomic E-state index is 6.35. The van der Waals surface area contributed by atoms with Crippen LogP contribution >= 0.6 is 15.9 Å². The molecule has 1 atom stereocenters. The number of ether oxygens (including phenoxy) is 1. The van der Waals surface area contributed by atoms with Crippen LogP contribution in [0.15, 0.2) is 46.9 Å². The predicted molar refractivity (Wildman–Crippen MR) is 85.0 cm³/mol. The van der Waals surface area contributed by atoms with Crippen LogP contribution in [0.4, 0.5) is 0 Å². The molecule has 1 unspecified atom stereocenters. The standard InChI is InChI=1S/C17H18BrNO/c18-15-5-1-3-12(9-15)10-16(19)13-6-7-17-14(11-13)4-2-8-20-17/h1,3,5-7,9,11,16H,2,4,8,10,19H2. The van der Waals surface area contributed by atoms with Gasteiger partial charge in [-0.05, 0) is 54.2 Å². The van der Waals surface area contributed by atoms with Crippen molar-refractivity contribution in [1.29, 1.82) is 0 Å². The minimum Gasteiger partial charge on any atom is -0.493 e. The van der Waals surface area contributed by atoms with E-state index in [9.17, 15) is 0 Å². The van der Waals surface area contributed by atoms with Gasteiger partial charge in [-0.1, -0.05) is 40.2 Å². The Morgan fingerprint density at radius 2 is 2.10 bits per heavy atom. The summed E-state index contributed by atoms with van der Waals surface area (Å²) < 4.78 is 6.74. The lowest BCUT2D eigenvalue weighted by Crippen LogP contribution is -2.15. The molecule has 0 saturated heterocycles. The van der Waals surface area contributed by atoms with E-state index in [4.69, 9.17) is 10.5 Å². The SMILES string of the molecule is NC(Cc1cccc(Br)c1)c1ccc2c(c1)CCCO2. The van der Waals surface area contributed by atoms with Crippen LogP contribution in [0.1, 0.15) is 29.2 Å². The van der Waals surface area contributed by atoms with Gasteiger partial charge < -0.3 is 10.5 Å². The van der Waals surface area contributed by atoms with Gasteiger partial charge >= 0.3 is 0 Å². The van der Waals surface area contributed by atoms with Crippen LogP contribution in [-0.4, -0.2) is 6.61 Å². The fourth-order valence-corrected chi connectivity index (χ4v) is 3.09. The van der Waals surface area contributed by atoms with E-state index in [0.717, 1.165) is 36.1 Å². The molecule has 0 saturated carbocycles. The normalized spacial score (nSPS) is 15.3. The van der Waals surface area contributed by atoms with Crippen molar-refractivity contribution in [1.82, 2.24) is 0 Å². The maximum Gasteiger partial charge on any atom is 0.122 e. The van der Waals surface area contributed by atoms with E-state index < -0.39 is 0 Å². The summed E-state index contributed by atoms with van der Waals surface area (Å²) in [6.45, 7) is 0.830. The summed E-state index contributed by atoms with van der Waals surface area (Å²) in [5.74, 6) is 1.02. The van der Waals surface area contributed by atoms with Crippen LogP contribution in [-0.2, 0) is 12.8 Å². The molecular weight excluding hydrogens is 314 g/mol. The highest BCUT2D eigenvalue weighted by Crippen LogP contribution is 2.28. The highest BCUT2D eigenvalue weighted by atomic mass is 79.9. The van der Waals surface area contributed by atoms with Crippen LogP contribution in [0.2, 0.25) is 0 Å². The highest BCUT2D eigenvalue weighted by Gasteiger charge is 2.14. The van der Waals surface area contributed by atoms with Gasteiger partial charge in [0.1, 0.15) is 5.75 Å². The Kier molecular flexibility index (Phi) is 4.08. The number of aryl methyl sites for hydroxylation is 1. The molecule has 0 spiro atoms. The van der Waals surface area contributed by atoms with Crippen molar-refractivity contribution >= 4 is 15.9 Å². The van der Waals surface area contributed by atoms with Gasteiger partial charge in [-0.3, -0.25) is 0 Å². The Labute approximate surface area is 128 Å². The third kappa shape index (κ3) is 3.05. The van der Waals surface area contributed by atoms with Crippen molar-refractivity contribution in [3.05, 3.63) is 63.6 Å². The summed E-state index contributed by atoms with van der Waals surface area (Å²) in [5, 5.41) is 0. The van der Waals surface area contributed by atoms with Gasteiger partial charge in [-0.25, -0.2) is 0 Å². The maximum absolute atomic E-state index is 6.35. The van der Waals surface area contributed by atoms with Gasteiger partial charge in [-0.15, -0.1) is 0 Å². The van der Waals surface area contributed by atoms with E-state index >= 15 is 0 Å². The van der Waals surface area contributed by atoms with Crippen molar-refractivity contribution in [2.45, 2.75) is 25.3 Å². The van der Waals surface area contributed by atoms with Gasteiger partial charge in [0.25, 0.3) is 0 Å². The Morgan fingerprint density at radius 1 is 1.20 bits per heavy atom. The first-order chi connectivity index (χ1) is 9.72. The van der Waals surface area contributed by atoms with E-state index in [-0.39, 0.29) is 6.04 Å². The number of halogens is 1. The third-order valence-corrected chi connectivity index (χ3v) is 4.20. The predicted octanol–water partition coefficient (Wildman–Crippen LogP) is 4.02. The molecule has 0 fully saturated rings. The average molecular weight is 332 g/mol. The molecule has 1 aliphatic heterocycles. The van der Waals surface area contributed by atoms with E-state index in [2.05, 4.69) is 46.3 Å². The molecule has 1 aliphatic rings. The average Bonchev–Trinajstić information content (AvgIpc) is 2.47. The van der Waals surface area contributed by atoms with Gasteiger partial charge in [0.15, 0.2) is 0 Å². The van der Waals surface area contributed by atoms with Crippen molar-refractivity contribution < 1.29 is 4.74 Å². The zero-order valence-electron chi connectivity index (χ0n) is 11.3. The van der Waals surface area contributed by atoms with E-state index in [0.29, 0.717) is 0 Å². The summed E-state index contributed by atoms with van der Waals surface area (Å²) in [7, 11) is 0. The lowest BCUT2D eigenvalue weighted by atomic mass is 9.96. The first-order valence-corrected chi connectivity index (χ1v) is 7.77. The minimum absolute atomic E-state index is 0.0246. The summed E-state index contributed by atoms with van der Waals surface area (Å²) in [5.41, 5.74) is 10.1. The fourth-order valence-electron chi connectivity index (χ4n) is 2.65. The van der Waals surface area contributed by atoms with Gasteiger partial charge in [0.2, 0.25) is 0 Å². The Hall–Kier alpha value is -1.32. The number of hydrogen-bond acceptors (Lipinski definition) is 2. The van der Waals surface area contributed by atoms with Crippen LogP contribution in [0.25, 0.3) is 0 Å². The van der Waals surface area contributed by atoms with E-state index in [1.807, 2.05) is 12.1 Å². The van der Waals surface area contributed by atoms with Gasteiger partial charge in [0, 0.05) is 10.5 Å². The lowest BCUT2D eigenvalue weighted by molar-refractivity contribution is 0.288. The monoisotopic (exact) mass is 331 g/mol. The third-order valence-electron chi connectivity index (χ3n) is 3.71. The van der Waals surface area contributed by atoms with Gasteiger partial charge in [-0.2, -0.15) is 0 Å². The van der Waals surface area contributed by atoms with E-state index in [1.54, 1.807) is 0 Å². The first-order valence-electron chi connectivity index (χ1n) is 6.98. The molecule has 2 aromatic rings. The van der Waals surface area contributed by atoms with E-state index in [1.165, 1.54) is 16.7 Å². The summed E-state index contributed by atoms with van der Waals surface area (Å²) in [6.07, 6.45) is 3.03. The molecule has 0 aliphatic carbocycles. The second-order valence-corrected chi connectivity index (χ2v) is 6.18. The Bertz CT molecular complexity index is 612. The molecule has 3 rings (SSSR count). The second kappa shape index (κ2) is 5.98. The highest BCUT2D eigenvalue weighted by molar-refractivity contribution is 9.10. The fraction of sp³-hybridized carbons (Fsp3) is 0.294. The molecule has 104 valence electrons. The minimum atomic E-state index is 0.0246. The Morgan fingerprint density at radius 3 is 2.95 bits per heavy atom. The van der Waals surface area contributed by atoms with Crippen LogP contribution < -0.4 is 10.5 Å². The van der Waals surface area contributed by atoms with Crippen molar-refractivity contribution in [3.8, 4) is 5.75 Å². The number of hydrogen-bond donors (Lipinski definition) is 1. The van der Waals surface area contributed by atoms with Crippen molar-refractivity contribution in [2.75, 3.05) is 6.61 Å². The second-order valence-electron chi connectivity index (χ2n) is 5.26. The molecule has 3 heteroatoms. The summed E-state index contributed by atoms with van der Waals surface area (Å²) in [6, 6.07) is 14.7. The van der Waals surface area contributed by atoms with Crippen molar-refractivity contribution in [2.24, 2.45) is 5.73 Å². The number of rotatable bonds is 3. The largest absolute Gasteiger partial charge is 0.493 e. The van der Waals surface area contributed by atoms with Crippen LogP contribution in [0.3, 0.4) is 0 Å². The summed E-state index contributed by atoms with van der Waals surface area (Å²) in [4.78, 5) is 0. The van der Waals surface area contributed by atoms with Crippen molar-refractivity contribution in [3.63, 3.8) is 0 Å². The van der Waals surface area contributed by atoms with Gasteiger partial charge in [0.05, 0.1) is 6.61 Å². The molecule has 0 radical (unpaired) electrons.